The van der Waals surface area contributed by atoms with Crippen LogP contribution in [0.3, 0.4) is 0 Å². The fraction of sp³-hybridized carbons (Fsp3) is 0.423. The Morgan fingerprint density at radius 3 is 2.40 bits per heavy atom. The summed E-state index contributed by atoms with van der Waals surface area (Å²) >= 11 is 0. The summed E-state index contributed by atoms with van der Waals surface area (Å²) in [5, 5.41) is 4.22. The third-order valence-corrected chi connectivity index (χ3v) is 5.55. The van der Waals surface area contributed by atoms with Crippen molar-refractivity contribution in [2.75, 3.05) is 11.9 Å². The zero-order valence-electron chi connectivity index (χ0n) is 18.5. The van der Waals surface area contributed by atoms with Gasteiger partial charge in [0.25, 0.3) is 5.91 Å². The molecule has 1 heterocycles. The van der Waals surface area contributed by atoms with Gasteiger partial charge in [-0.15, -0.1) is 0 Å². The van der Waals surface area contributed by atoms with Crippen LogP contribution in [0, 0.1) is 6.92 Å². The molecule has 4 nitrogen and oxygen atoms in total. The number of nitrogens with one attached hydrogen (secondary N) is 1. The molecule has 0 radical (unpaired) electrons. The molecular weight excluding hydrogens is 372 g/mol. The summed E-state index contributed by atoms with van der Waals surface area (Å²) in [5.74, 6) is 0.783. The molecule has 0 aliphatic heterocycles. The Bertz CT molecular complexity index is 957. The lowest BCUT2D eigenvalue weighted by Crippen LogP contribution is -2.18. The summed E-state index contributed by atoms with van der Waals surface area (Å²) in [5.41, 5.74) is 3.69. The van der Waals surface area contributed by atoms with Crippen molar-refractivity contribution in [3.05, 3.63) is 59.8 Å². The molecule has 2 aromatic carbocycles. The molecule has 4 heteroatoms. The van der Waals surface area contributed by atoms with Crippen LogP contribution < -0.4 is 10.1 Å². The number of carbonyl (C=O) groups is 1. The number of hydrogen-bond donors (Lipinski definition) is 1. The van der Waals surface area contributed by atoms with Crippen LogP contribution in [0.4, 0.5) is 5.69 Å². The van der Waals surface area contributed by atoms with Crippen LogP contribution in [0.5, 0.6) is 5.75 Å². The first-order valence-electron chi connectivity index (χ1n) is 11.3. The van der Waals surface area contributed by atoms with E-state index in [1.807, 2.05) is 43.3 Å². The average molecular weight is 407 g/mol. The van der Waals surface area contributed by atoms with Crippen molar-refractivity contribution in [2.45, 2.75) is 65.8 Å². The second kappa shape index (κ2) is 10.9. The lowest BCUT2D eigenvalue weighted by molar-refractivity contribution is 0.101. The molecule has 0 saturated heterocycles. The Hall–Kier alpha value is -2.75. The highest BCUT2D eigenvalue weighted by Gasteiger charge is 2.20. The lowest BCUT2D eigenvalue weighted by Gasteiger charge is -2.12. The van der Waals surface area contributed by atoms with Crippen LogP contribution in [-0.4, -0.2) is 17.1 Å². The highest BCUT2D eigenvalue weighted by Crippen LogP contribution is 2.27. The van der Waals surface area contributed by atoms with Crippen molar-refractivity contribution in [1.82, 2.24) is 4.57 Å². The van der Waals surface area contributed by atoms with Crippen LogP contribution in [-0.2, 0) is 6.54 Å². The van der Waals surface area contributed by atoms with E-state index < -0.39 is 0 Å². The lowest BCUT2D eigenvalue weighted by atomic mass is 10.1. The van der Waals surface area contributed by atoms with Gasteiger partial charge in [-0.25, -0.2) is 0 Å². The second-order valence-electron chi connectivity index (χ2n) is 7.88. The second-order valence-corrected chi connectivity index (χ2v) is 7.88. The maximum atomic E-state index is 13.2. The Morgan fingerprint density at radius 2 is 1.67 bits per heavy atom. The third kappa shape index (κ3) is 5.24. The number of anilines is 1. The number of aromatic nitrogens is 1. The van der Waals surface area contributed by atoms with Gasteiger partial charge in [-0.3, -0.25) is 4.79 Å². The van der Waals surface area contributed by atoms with E-state index in [1.54, 1.807) is 0 Å². The summed E-state index contributed by atoms with van der Waals surface area (Å²) in [6.07, 6.45) is 6.90. The molecule has 0 saturated carbocycles. The number of fused-ring (bicyclic) bond motifs is 1. The van der Waals surface area contributed by atoms with Crippen LogP contribution in [0.25, 0.3) is 10.9 Å². The monoisotopic (exact) mass is 406 g/mol. The Kier molecular flexibility index (Phi) is 7.95. The van der Waals surface area contributed by atoms with E-state index in [4.69, 9.17) is 4.74 Å². The molecule has 160 valence electrons. The van der Waals surface area contributed by atoms with Crippen LogP contribution >= 0.6 is 0 Å². The van der Waals surface area contributed by atoms with E-state index >= 15 is 0 Å². The van der Waals surface area contributed by atoms with Gasteiger partial charge in [0.1, 0.15) is 11.4 Å². The predicted octanol–water partition coefficient (Wildman–Crippen LogP) is 6.96. The molecule has 30 heavy (non-hydrogen) atoms. The minimum absolute atomic E-state index is 0.0620. The molecule has 0 aliphatic carbocycles. The number of nitrogens with zero attached hydrogens (tertiary/aromatic N) is 1. The minimum Gasteiger partial charge on any atom is -0.494 e. The standard InChI is InChI=1S/C26H34N2O2/c1-4-6-8-11-19-30-22-16-14-21(15-17-22)27-26(29)25-20(3)23-12-9-10-13-24(23)28(25)18-7-5-2/h9-10,12-17H,4-8,11,18-19H2,1-3H3,(H,27,29). The molecule has 3 aromatic rings. The quantitative estimate of drug-likeness (QED) is 0.350. The summed E-state index contributed by atoms with van der Waals surface area (Å²) in [7, 11) is 0. The van der Waals surface area contributed by atoms with E-state index in [-0.39, 0.29) is 5.91 Å². The number of benzene rings is 2. The molecule has 0 bridgehead atoms. The number of rotatable bonds is 11. The van der Waals surface area contributed by atoms with Gasteiger partial charge in [0.05, 0.1) is 6.61 Å². The molecule has 0 atom stereocenters. The van der Waals surface area contributed by atoms with Crippen LogP contribution in [0.15, 0.2) is 48.5 Å². The number of amides is 1. The van der Waals surface area contributed by atoms with Crippen molar-refractivity contribution >= 4 is 22.5 Å². The third-order valence-electron chi connectivity index (χ3n) is 5.55. The molecule has 0 aliphatic rings. The first-order chi connectivity index (χ1) is 14.7. The van der Waals surface area contributed by atoms with E-state index in [2.05, 4.69) is 35.9 Å². The normalized spacial score (nSPS) is 11.0. The molecule has 3 rings (SSSR count). The smallest absolute Gasteiger partial charge is 0.272 e. The zero-order valence-corrected chi connectivity index (χ0v) is 18.5. The number of unbranched alkanes of at least 4 members (excludes halogenated alkanes) is 4. The highest BCUT2D eigenvalue weighted by atomic mass is 16.5. The molecule has 1 N–H and O–H groups in total. The topological polar surface area (TPSA) is 43.3 Å². The fourth-order valence-electron chi connectivity index (χ4n) is 3.86. The largest absolute Gasteiger partial charge is 0.494 e. The number of carbonyl (C=O) groups excluding carboxylic acids is 1. The van der Waals surface area contributed by atoms with Gasteiger partial charge < -0.3 is 14.6 Å². The Balaban J connectivity index is 1.71. The van der Waals surface area contributed by atoms with Crippen molar-refractivity contribution in [3.63, 3.8) is 0 Å². The number of hydrogen-bond acceptors (Lipinski definition) is 2. The van der Waals surface area contributed by atoms with E-state index in [0.29, 0.717) is 0 Å². The minimum atomic E-state index is -0.0620. The van der Waals surface area contributed by atoms with Gasteiger partial charge in [-0.2, -0.15) is 0 Å². The molecule has 1 amide bonds. The van der Waals surface area contributed by atoms with E-state index in [1.165, 1.54) is 19.3 Å². The summed E-state index contributed by atoms with van der Waals surface area (Å²) < 4.78 is 7.97. The van der Waals surface area contributed by atoms with Gasteiger partial charge in [0, 0.05) is 23.1 Å². The van der Waals surface area contributed by atoms with E-state index in [9.17, 15) is 4.79 Å². The zero-order chi connectivity index (χ0) is 21.3. The van der Waals surface area contributed by atoms with Gasteiger partial charge in [0.15, 0.2) is 0 Å². The maximum absolute atomic E-state index is 13.2. The van der Waals surface area contributed by atoms with Gasteiger partial charge in [0.2, 0.25) is 0 Å². The average Bonchev–Trinajstić information content (AvgIpc) is 3.05. The van der Waals surface area contributed by atoms with Gasteiger partial charge in [-0.1, -0.05) is 57.7 Å². The first-order valence-corrected chi connectivity index (χ1v) is 11.3. The van der Waals surface area contributed by atoms with Crippen molar-refractivity contribution in [2.24, 2.45) is 0 Å². The summed E-state index contributed by atoms with van der Waals surface area (Å²) in [6.45, 7) is 8.00. The van der Waals surface area contributed by atoms with Gasteiger partial charge >= 0.3 is 0 Å². The first kappa shape index (κ1) is 21.9. The molecule has 0 spiro atoms. The Morgan fingerprint density at radius 1 is 0.933 bits per heavy atom. The molecule has 1 aromatic heterocycles. The van der Waals surface area contributed by atoms with Gasteiger partial charge in [-0.05, 0) is 55.7 Å². The highest BCUT2D eigenvalue weighted by molar-refractivity contribution is 6.08. The molecule has 0 fully saturated rings. The SMILES string of the molecule is CCCCCCOc1ccc(NC(=O)c2c(C)c3ccccc3n2CCCC)cc1. The fourth-order valence-corrected chi connectivity index (χ4v) is 3.86. The maximum Gasteiger partial charge on any atom is 0.272 e. The number of para-hydroxylation sites is 1. The Labute approximate surface area is 180 Å². The van der Waals surface area contributed by atoms with E-state index in [0.717, 1.165) is 66.0 Å². The van der Waals surface area contributed by atoms with Crippen LogP contribution in [0.2, 0.25) is 0 Å². The molecular formula is C26H34N2O2. The van der Waals surface area contributed by atoms with Crippen molar-refractivity contribution in [3.8, 4) is 5.75 Å². The molecule has 0 unspecified atom stereocenters. The van der Waals surface area contributed by atoms with Crippen molar-refractivity contribution < 1.29 is 9.53 Å². The van der Waals surface area contributed by atoms with Crippen molar-refractivity contribution in [1.29, 1.82) is 0 Å². The number of ether oxygens (including phenoxy) is 1. The predicted molar refractivity (Wildman–Crippen MR) is 126 cm³/mol. The number of aryl methyl sites for hydroxylation is 2. The van der Waals surface area contributed by atoms with Crippen LogP contribution in [0.1, 0.15) is 68.4 Å². The summed E-state index contributed by atoms with van der Waals surface area (Å²) in [4.78, 5) is 13.2. The summed E-state index contributed by atoms with van der Waals surface area (Å²) in [6, 6.07) is 15.9.